The van der Waals surface area contributed by atoms with E-state index in [0.717, 1.165) is 44.1 Å². The first-order valence-electron chi connectivity index (χ1n) is 13.3. The minimum atomic E-state index is -0.471. The maximum Gasteiger partial charge on any atom is 0.494 e. The van der Waals surface area contributed by atoms with Crippen LogP contribution in [0.25, 0.3) is 21.9 Å². The van der Waals surface area contributed by atoms with Crippen LogP contribution in [0.2, 0.25) is 0 Å². The molecule has 1 aromatic heterocycles. The molecule has 1 fully saturated rings. The highest BCUT2D eigenvalue weighted by molar-refractivity contribution is 6.62. The van der Waals surface area contributed by atoms with E-state index in [1.165, 1.54) is 0 Å². The zero-order valence-electron chi connectivity index (χ0n) is 23.0. The first-order valence-corrected chi connectivity index (χ1v) is 13.3. The molecule has 1 saturated heterocycles. The molecule has 0 aliphatic carbocycles. The zero-order valence-corrected chi connectivity index (χ0v) is 23.0. The summed E-state index contributed by atoms with van der Waals surface area (Å²) in [5, 5.41) is 10.5. The first-order chi connectivity index (χ1) is 19.2. The van der Waals surface area contributed by atoms with Gasteiger partial charge in [-0.3, -0.25) is 5.41 Å². The summed E-state index contributed by atoms with van der Waals surface area (Å²) >= 11 is 0. The van der Waals surface area contributed by atoms with Crippen molar-refractivity contribution in [3.63, 3.8) is 0 Å². The van der Waals surface area contributed by atoms with Crippen LogP contribution in [0, 0.1) is 5.41 Å². The molecule has 0 spiro atoms. The van der Waals surface area contributed by atoms with Crippen LogP contribution >= 0.6 is 0 Å². The number of fused-ring (bicyclic) bond motifs is 3. The molecule has 0 radical (unpaired) electrons. The molecule has 7 heteroatoms. The minimum absolute atomic E-state index is 0.149. The fourth-order valence-corrected chi connectivity index (χ4v) is 4.76. The Bertz CT molecular complexity index is 1760. The Morgan fingerprint density at radius 1 is 0.750 bits per heavy atom. The van der Waals surface area contributed by atoms with E-state index in [2.05, 4.69) is 38.8 Å². The van der Waals surface area contributed by atoms with E-state index in [-0.39, 0.29) is 5.84 Å². The average molecular weight is 527 g/mol. The molecule has 2 heterocycles. The van der Waals surface area contributed by atoms with Gasteiger partial charge in [-0.1, -0.05) is 84.9 Å². The molecule has 4 aromatic carbocycles. The van der Waals surface area contributed by atoms with E-state index < -0.39 is 18.3 Å². The Balaban J connectivity index is 1.42. The summed E-state index contributed by atoms with van der Waals surface area (Å²) < 4.78 is 18.8. The molecular weight excluding hydrogens is 497 g/mol. The molecular formula is C33H30BN3O3. The van der Waals surface area contributed by atoms with Gasteiger partial charge in [0.05, 0.1) is 11.2 Å². The number of benzene rings is 4. The third-order valence-corrected chi connectivity index (χ3v) is 7.70. The highest BCUT2D eigenvalue weighted by atomic mass is 16.7. The second-order valence-corrected chi connectivity index (χ2v) is 10.9. The van der Waals surface area contributed by atoms with Gasteiger partial charge in [0, 0.05) is 33.7 Å². The van der Waals surface area contributed by atoms with Gasteiger partial charge in [-0.05, 0) is 45.3 Å². The lowest BCUT2D eigenvalue weighted by Crippen LogP contribution is -2.41. The van der Waals surface area contributed by atoms with E-state index in [9.17, 15) is 0 Å². The van der Waals surface area contributed by atoms with Crippen LogP contribution in [0.1, 0.15) is 44.4 Å². The number of nitrogens with zero attached hydrogens (tertiary/aromatic N) is 2. The van der Waals surface area contributed by atoms with Gasteiger partial charge in [0.2, 0.25) is 0 Å². The third-order valence-electron chi connectivity index (χ3n) is 7.70. The van der Waals surface area contributed by atoms with Crippen LogP contribution in [0.3, 0.4) is 0 Å². The molecule has 1 aliphatic heterocycles. The molecule has 5 aromatic rings. The summed E-state index contributed by atoms with van der Waals surface area (Å²) in [5.41, 5.74) is 4.06. The molecule has 1 N–H and O–H groups in total. The second-order valence-electron chi connectivity index (χ2n) is 10.9. The lowest BCUT2D eigenvalue weighted by atomic mass is 9.78. The molecule has 0 amide bonds. The number of furan rings is 1. The van der Waals surface area contributed by atoms with Crippen LogP contribution in [0.5, 0.6) is 0 Å². The second kappa shape index (κ2) is 10.0. The number of aliphatic imine (C=N–C) groups is 2. The summed E-state index contributed by atoms with van der Waals surface area (Å²) in [4.78, 5) is 9.40. The Kier molecular flexibility index (Phi) is 6.49. The van der Waals surface area contributed by atoms with E-state index in [1.54, 1.807) is 6.21 Å². The van der Waals surface area contributed by atoms with Crippen molar-refractivity contribution >= 4 is 52.4 Å². The molecule has 0 saturated carbocycles. The van der Waals surface area contributed by atoms with Crippen molar-refractivity contribution in [3.05, 3.63) is 114 Å². The SMILES string of the molecule is CC1(C)OB(c2ccc3oc4cccc(C=NC(=NC(=N)c5ccccc5)c5ccccc5)c4c3c2)OC1(C)C. The van der Waals surface area contributed by atoms with Gasteiger partial charge in [0.25, 0.3) is 0 Å². The van der Waals surface area contributed by atoms with Crippen molar-refractivity contribution in [1.82, 2.24) is 0 Å². The fourth-order valence-electron chi connectivity index (χ4n) is 4.76. The summed E-state index contributed by atoms with van der Waals surface area (Å²) in [5.74, 6) is 0.604. The van der Waals surface area contributed by atoms with Crippen molar-refractivity contribution in [3.8, 4) is 0 Å². The van der Waals surface area contributed by atoms with Crippen molar-refractivity contribution in [1.29, 1.82) is 5.41 Å². The largest absolute Gasteiger partial charge is 0.494 e. The third kappa shape index (κ3) is 4.79. The summed E-state index contributed by atoms with van der Waals surface area (Å²) in [6, 6.07) is 31.1. The van der Waals surface area contributed by atoms with E-state index in [1.807, 2.05) is 91.0 Å². The van der Waals surface area contributed by atoms with Crippen LogP contribution < -0.4 is 5.46 Å². The summed E-state index contributed by atoms with van der Waals surface area (Å²) in [7, 11) is -0.471. The number of hydrogen-bond acceptors (Lipinski definition) is 4. The topological polar surface area (TPSA) is 80.2 Å². The van der Waals surface area contributed by atoms with E-state index in [4.69, 9.17) is 24.1 Å². The lowest BCUT2D eigenvalue weighted by Gasteiger charge is -2.32. The smallest absolute Gasteiger partial charge is 0.456 e. The molecule has 0 atom stereocenters. The Morgan fingerprint density at radius 3 is 2.08 bits per heavy atom. The average Bonchev–Trinajstić information content (AvgIpc) is 3.44. The first kappa shape index (κ1) is 25.9. The molecule has 0 bridgehead atoms. The molecule has 198 valence electrons. The van der Waals surface area contributed by atoms with Gasteiger partial charge in [-0.15, -0.1) is 0 Å². The van der Waals surface area contributed by atoms with Gasteiger partial charge in [-0.2, -0.15) is 0 Å². The molecule has 6 nitrogen and oxygen atoms in total. The van der Waals surface area contributed by atoms with Crippen molar-refractivity contribution in [2.45, 2.75) is 38.9 Å². The predicted molar refractivity (Wildman–Crippen MR) is 163 cm³/mol. The van der Waals surface area contributed by atoms with Crippen LogP contribution in [0.4, 0.5) is 0 Å². The molecule has 40 heavy (non-hydrogen) atoms. The van der Waals surface area contributed by atoms with E-state index in [0.29, 0.717) is 5.84 Å². The van der Waals surface area contributed by atoms with Crippen molar-refractivity contribution < 1.29 is 13.7 Å². The van der Waals surface area contributed by atoms with Crippen LogP contribution in [-0.2, 0) is 9.31 Å². The standard InChI is InChI=1S/C33H30BN3O3/c1-32(2)33(3,4)40-34(39-32)25-18-19-27-26(20-25)29-24(16-11-17-28(29)38-27)21-36-31(23-14-9-6-10-15-23)37-30(35)22-12-7-5-8-13-22/h5-21,35H,1-4H3. The van der Waals surface area contributed by atoms with Crippen molar-refractivity contribution in [2.24, 2.45) is 9.98 Å². The maximum absolute atomic E-state index is 8.57. The molecule has 1 aliphatic rings. The van der Waals surface area contributed by atoms with Crippen LogP contribution in [-0.4, -0.2) is 36.2 Å². The lowest BCUT2D eigenvalue weighted by molar-refractivity contribution is 0.00578. The summed E-state index contributed by atoms with van der Waals surface area (Å²) in [6.45, 7) is 8.21. The van der Waals surface area contributed by atoms with Gasteiger partial charge in [0.1, 0.15) is 11.2 Å². The monoisotopic (exact) mass is 527 g/mol. The van der Waals surface area contributed by atoms with Crippen LogP contribution in [0.15, 0.2) is 111 Å². The Morgan fingerprint density at radius 2 is 1.40 bits per heavy atom. The molecule has 0 unspecified atom stereocenters. The Hall–Kier alpha value is -4.33. The highest BCUT2D eigenvalue weighted by Gasteiger charge is 2.51. The van der Waals surface area contributed by atoms with Gasteiger partial charge in [0.15, 0.2) is 11.7 Å². The van der Waals surface area contributed by atoms with Gasteiger partial charge in [-0.25, -0.2) is 9.98 Å². The zero-order chi connectivity index (χ0) is 27.9. The minimum Gasteiger partial charge on any atom is -0.456 e. The van der Waals surface area contributed by atoms with E-state index >= 15 is 0 Å². The normalized spacial score (nSPS) is 16.8. The summed E-state index contributed by atoms with van der Waals surface area (Å²) in [6.07, 6.45) is 1.79. The number of hydrogen-bond donors (Lipinski definition) is 1. The Labute approximate surface area is 234 Å². The van der Waals surface area contributed by atoms with Gasteiger partial charge >= 0.3 is 7.12 Å². The highest BCUT2D eigenvalue weighted by Crippen LogP contribution is 2.37. The molecule has 6 rings (SSSR count). The van der Waals surface area contributed by atoms with Gasteiger partial charge < -0.3 is 13.7 Å². The fraction of sp³-hybridized carbons (Fsp3) is 0.182. The quantitative estimate of drug-likeness (QED) is 0.159. The number of amidine groups is 2. The number of rotatable bonds is 4. The maximum atomic E-state index is 8.57. The van der Waals surface area contributed by atoms with Crippen molar-refractivity contribution in [2.75, 3.05) is 0 Å². The number of nitrogens with one attached hydrogen (secondary N) is 1. The predicted octanol–water partition coefficient (Wildman–Crippen LogP) is 6.78.